The van der Waals surface area contributed by atoms with E-state index in [0.29, 0.717) is 17.5 Å². The van der Waals surface area contributed by atoms with Gasteiger partial charge in [-0.05, 0) is 64.1 Å². The molecule has 0 saturated carbocycles. The van der Waals surface area contributed by atoms with E-state index in [1.165, 1.54) is 11.9 Å². The van der Waals surface area contributed by atoms with Crippen LogP contribution in [-0.2, 0) is 9.84 Å². The Morgan fingerprint density at radius 3 is 2.38 bits per heavy atom. The zero-order valence-corrected chi connectivity index (χ0v) is 24.8. The summed E-state index contributed by atoms with van der Waals surface area (Å²) in [7, 11) is -3.51. The molecule has 2 aromatic carbocycles. The molecule has 0 bridgehead atoms. The van der Waals surface area contributed by atoms with Crippen molar-refractivity contribution in [1.29, 1.82) is 0 Å². The average molecular weight is 572 g/mol. The number of hydrogen-bond donors (Lipinski definition) is 3. The highest BCUT2D eigenvalue weighted by molar-refractivity contribution is 7.92. The Balaban J connectivity index is 1.61. The first kappa shape index (κ1) is 28.9. The number of para-hydroxylation sites is 1. The van der Waals surface area contributed by atoms with Gasteiger partial charge >= 0.3 is 0 Å². The van der Waals surface area contributed by atoms with Crippen LogP contribution < -0.4 is 20.9 Å². The van der Waals surface area contributed by atoms with Crippen LogP contribution in [0.5, 0.6) is 0 Å². The Hall–Kier alpha value is -3.08. The van der Waals surface area contributed by atoms with Gasteiger partial charge < -0.3 is 25.8 Å². The number of sulfone groups is 1. The second-order valence-corrected chi connectivity index (χ2v) is 12.7. The molecule has 0 amide bonds. The van der Waals surface area contributed by atoms with E-state index < -0.39 is 15.1 Å². The number of likely N-dealkylation sites (N-methyl/N-ethyl adjacent to an activating group) is 1. The van der Waals surface area contributed by atoms with Gasteiger partial charge in [-0.15, -0.1) is 0 Å². The van der Waals surface area contributed by atoms with Crippen molar-refractivity contribution in [3.63, 3.8) is 0 Å². The minimum Gasteiger partial charge on any atom is -0.384 e. The first-order chi connectivity index (χ1) is 18.6. The van der Waals surface area contributed by atoms with Crippen LogP contribution in [0.15, 0.2) is 47.5 Å². The summed E-state index contributed by atoms with van der Waals surface area (Å²) in [6, 6.07) is 11.0. The Bertz CT molecular complexity index is 1410. The van der Waals surface area contributed by atoms with E-state index in [9.17, 15) is 8.42 Å². The zero-order valence-electron chi connectivity index (χ0n) is 23.3. The molecule has 2 heterocycles. The summed E-state index contributed by atoms with van der Waals surface area (Å²) in [4.78, 5) is 14.1. The standard InChI is InChI=1S/C28H38ClN7O2S/c1-6-30-24-17-23(20(5)16-25(24)36-14-12-35(7-2)13-15-36)33-28-31-18-21(29)27(34-28)32-22-10-8-9-11-26(22)39(37,38)19(3)4/h8-11,16-19,30H,6-7,12-15H2,1-5H3,(H2,31,32,33,34). The average Bonchev–Trinajstić information content (AvgIpc) is 2.92. The maximum atomic E-state index is 12.9. The van der Waals surface area contributed by atoms with E-state index in [4.69, 9.17) is 11.6 Å². The van der Waals surface area contributed by atoms with Gasteiger partial charge in [0.25, 0.3) is 0 Å². The van der Waals surface area contributed by atoms with E-state index in [1.807, 2.05) is 0 Å². The molecule has 11 heteroatoms. The van der Waals surface area contributed by atoms with Gasteiger partial charge in [0.15, 0.2) is 15.7 Å². The third kappa shape index (κ3) is 6.57. The number of nitrogens with one attached hydrogen (secondary N) is 3. The molecule has 0 atom stereocenters. The van der Waals surface area contributed by atoms with Crippen LogP contribution in [0.1, 0.15) is 33.3 Å². The summed E-state index contributed by atoms with van der Waals surface area (Å²) >= 11 is 6.42. The van der Waals surface area contributed by atoms with E-state index in [2.05, 4.69) is 68.6 Å². The molecule has 1 aliphatic rings. The molecule has 1 saturated heterocycles. The number of halogens is 1. The summed E-state index contributed by atoms with van der Waals surface area (Å²) in [5, 5.41) is 9.66. The van der Waals surface area contributed by atoms with Crippen molar-refractivity contribution in [2.45, 2.75) is 44.8 Å². The quantitative estimate of drug-likeness (QED) is 0.283. The van der Waals surface area contributed by atoms with Crippen molar-refractivity contribution in [2.75, 3.05) is 60.1 Å². The number of hydrogen-bond acceptors (Lipinski definition) is 9. The van der Waals surface area contributed by atoms with Gasteiger partial charge in [0.2, 0.25) is 5.95 Å². The maximum absolute atomic E-state index is 12.9. The van der Waals surface area contributed by atoms with Crippen LogP contribution in [-0.4, -0.2) is 67.8 Å². The number of aryl methyl sites for hydroxylation is 1. The number of rotatable bonds is 10. The molecular weight excluding hydrogens is 534 g/mol. The Morgan fingerprint density at radius 1 is 1.00 bits per heavy atom. The third-order valence-corrected chi connectivity index (χ3v) is 9.41. The van der Waals surface area contributed by atoms with Gasteiger partial charge in [-0.1, -0.05) is 30.7 Å². The molecule has 0 radical (unpaired) electrons. The van der Waals surface area contributed by atoms with Crippen LogP contribution in [0.25, 0.3) is 0 Å². The fourth-order valence-corrected chi connectivity index (χ4v) is 5.90. The number of nitrogens with zero attached hydrogens (tertiary/aromatic N) is 4. The number of piperazine rings is 1. The highest BCUT2D eigenvalue weighted by atomic mass is 35.5. The molecule has 1 aromatic heterocycles. The molecule has 9 nitrogen and oxygen atoms in total. The third-order valence-electron chi connectivity index (χ3n) is 6.93. The number of aromatic nitrogens is 2. The lowest BCUT2D eigenvalue weighted by molar-refractivity contribution is 0.271. The lowest BCUT2D eigenvalue weighted by Gasteiger charge is -2.37. The van der Waals surface area contributed by atoms with E-state index in [-0.39, 0.29) is 9.92 Å². The Morgan fingerprint density at radius 2 is 1.72 bits per heavy atom. The fourth-order valence-electron chi connectivity index (χ4n) is 4.56. The van der Waals surface area contributed by atoms with Gasteiger partial charge in [-0.3, -0.25) is 0 Å². The summed E-state index contributed by atoms with van der Waals surface area (Å²) in [6.07, 6.45) is 1.50. The molecular formula is C28H38ClN7O2S. The summed E-state index contributed by atoms with van der Waals surface area (Å²) < 4.78 is 25.8. The predicted molar refractivity (Wildman–Crippen MR) is 162 cm³/mol. The Labute approximate surface area is 236 Å². The number of benzene rings is 2. The molecule has 39 heavy (non-hydrogen) atoms. The van der Waals surface area contributed by atoms with Crippen molar-refractivity contribution >= 4 is 56.0 Å². The van der Waals surface area contributed by atoms with Crippen molar-refractivity contribution in [3.05, 3.63) is 53.2 Å². The maximum Gasteiger partial charge on any atom is 0.229 e. The fraction of sp³-hybridized carbons (Fsp3) is 0.429. The summed E-state index contributed by atoms with van der Waals surface area (Å²) in [5.74, 6) is 0.663. The van der Waals surface area contributed by atoms with Gasteiger partial charge in [0.1, 0.15) is 5.02 Å². The highest BCUT2D eigenvalue weighted by Crippen LogP contribution is 2.35. The van der Waals surface area contributed by atoms with Crippen molar-refractivity contribution in [2.24, 2.45) is 0 Å². The summed E-state index contributed by atoms with van der Waals surface area (Å²) in [6.45, 7) is 15.6. The first-order valence-corrected chi connectivity index (χ1v) is 15.3. The van der Waals surface area contributed by atoms with Crippen molar-refractivity contribution in [3.8, 4) is 0 Å². The molecule has 1 fully saturated rings. The largest absolute Gasteiger partial charge is 0.384 e. The molecule has 210 valence electrons. The normalized spacial score (nSPS) is 14.5. The zero-order chi connectivity index (χ0) is 28.2. The van der Waals surface area contributed by atoms with E-state index in [0.717, 1.165) is 56.2 Å². The van der Waals surface area contributed by atoms with Gasteiger partial charge in [-0.25, -0.2) is 13.4 Å². The van der Waals surface area contributed by atoms with Crippen LogP contribution in [0.4, 0.5) is 34.5 Å². The van der Waals surface area contributed by atoms with Crippen LogP contribution in [0.3, 0.4) is 0 Å². The monoisotopic (exact) mass is 571 g/mol. The second kappa shape index (κ2) is 12.4. The highest BCUT2D eigenvalue weighted by Gasteiger charge is 2.23. The van der Waals surface area contributed by atoms with E-state index in [1.54, 1.807) is 38.1 Å². The molecule has 3 N–H and O–H groups in total. The van der Waals surface area contributed by atoms with Crippen LogP contribution in [0.2, 0.25) is 5.02 Å². The lowest BCUT2D eigenvalue weighted by atomic mass is 10.1. The minimum absolute atomic E-state index is 0.200. The smallest absolute Gasteiger partial charge is 0.229 e. The van der Waals surface area contributed by atoms with Crippen molar-refractivity contribution < 1.29 is 8.42 Å². The molecule has 4 rings (SSSR count). The summed E-state index contributed by atoms with van der Waals surface area (Å²) in [5.41, 5.74) is 4.59. The SMILES string of the molecule is CCNc1cc(Nc2ncc(Cl)c(Nc3ccccc3S(=O)(=O)C(C)C)n2)c(C)cc1N1CCN(CC)CC1. The lowest BCUT2D eigenvalue weighted by Crippen LogP contribution is -2.46. The van der Waals surface area contributed by atoms with Crippen molar-refractivity contribution in [1.82, 2.24) is 14.9 Å². The molecule has 0 aliphatic carbocycles. The van der Waals surface area contributed by atoms with E-state index >= 15 is 0 Å². The molecule has 0 spiro atoms. The molecule has 3 aromatic rings. The topological polar surface area (TPSA) is 102 Å². The minimum atomic E-state index is -3.51. The van der Waals surface area contributed by atoms with Gasteiger partial charge in [0.05, 0.1) is 33.4 Å². The Kier molecular flexibility index (Phi) is 9.19. The number of anilines is 6. The van der Waals surface area contributed by atoms with Crippen LogP contribution >= 0.6 is 11.6 Å². The van der Waals surface area contributed by atoms with Gasteiger partial charge in [-0.2, -0.15) is 4.98 Å². The predicted octanol–water partition coefficient (Wildman–Crippen LogP) is 5.68. The van der Waals surface area contributed by atoms with Gasteiger partial charge in [0, 0.05) is 38.4 Å². The second-order valence-electron chi connectivity index (χ2n) is 9.87. The first-order valence-electron chi connectivity index (χ1n) is 13.4. The molecule has 1 aliphatic heterocycles. The van der Waals surface area contributed by atoms with Crippen LogP contribution in [0, 0.1) is 6.92 Å². The molecule has 0 unspecified atom stereocenters.